The number of ether oxygens (including phenoxy) is 1. The molecule has 0 amide bonds. The van der Waals surface area contributed by atoms with Crippen LogP contribution in [-0.4, -0.2) is 25.0 Å². The van der Waals surface area contributed by atoms with Crippen LogP contribution in [-0.2, 0) is 9.53 Å². The van der Waals surface area contributed by atoms with Crippen molar-refractivity contribution >= 4 is 5.78 Å². The Morgan fingerprint density at radius 1 is 1.24 bits per heavy atom. The fourth-order valence-corrected chi connectivity index (χ4v) is 3.30. The van der Waals surface area contributed by atoms with Crippen molar-refractivity contribution in [1.82, 2.24) is 0 Å². The molecule has 1 aliphatic carbocycles. The molecule has 17 heavy (non-hydrogen) atoms. The Hall–Kier alpha value is -0.410. The SMILES string of the molecule is NCC1CCCC1C(=O)CCCC1CCCO1. The highest BCUT2D eigenvalue weighted by atomic mass is 16.5. The van der Waals surface area contributed by atoms with E-state index in [9.17, 15) is 4.79 Å². The van der Waals surface area contributed by atoms with E-state index in [1.807, 2.05) is 0 Å². The first-order chi connectivity index (χ1) is 8.31. The van der Waals surface area contributed by atoms with Gasteiger partial charge in [-0.25, -0.2) is 0 Å². The van der Waals surface area contributed by atoms with Crippen molar-refractivity contribution in [3.8, 4) is 0 Å². The molecule has 2 aliphatic rings. The van der Waals surface area contributed by atoms with Crippen molar-refractivity contribution < 1.29 is 9.53 Å². The summed E-state index contributed by atoms with van der Waals surface area (Å²) in [5.74, 6) is 1.19. The van der Waals surface area contributed by atoms with Gasteiger partial charge in [-0.15, -0.1) is 0 Å². The molecule has 2 fully saturated rings. The molecule has 0 aromatic carbocycles. The first-order valence-electron chi connectivity index (χ1n) is 7.15. The van der Waals surface area contributed by atoms with E-state index in [1.54, 1.807) is 0 Å². The van der Waals surface area contributed by atoms with E-state index in [0.717, 1.165) is 38.7 Å². The highest BCUT2D eigenvalue weighted by Crippen LogP contribution is 2.32. The third-order valence-corrected chi connectivity index (χ3v) is 4.35. The number of carbonyl (C=O) groups excluding carboxylic acids is 1. The molecule has 3 atom stereocenters. The molecule has 3 nitrogen and oxygen atoms in total. The van der Waals surface area contributed by atoms with E-state index >= 15 is 0 Å². The fourth-order valence-electron chi connectivity index (χ4n) is 3.30. The van der Waals surface area contributed by atoms with E-state index in [4.69, 9.17) is 10.5 Å². The number of nitrogens with two attached hydrogens (primary N) is 1. The van der Waals surface area contributed by atoms with Crippen LogP contribution in [0.15, 0.2) is 0 Å². The minimum atomic E-state index is 0.268. The van der Waals surface area contributed by atoms with Gasteiger partial charge in [0.2, 0.25) is 0 Å². The van der Waals surface area contributed by atoms with Crippen molar-refractivity contribution in [1.29, 1.82) is 0 Å². The van der Waals surface area contributed by atoms with Gasteiger partial charge < -0.3 is 10.5 Å². The van der Waals surface area contributed by atoms with Crippen LogP contribution in [0.2, 0.25) is 0 Å². The maximum absolute atomic E-state index is 12.1. The molecule has 1 aliphatic heterocycles. The van der Waals surface area contributed by atoms with Gasteiger partial charge in [0.15, 0.2) is 0 Å². The Bertz CT molecular complexity index is 249. The van der Waals surface area contributed by atoms with Crippen LogP contribution in [0.25, 0.3) is 0 Å². The number of rotatable bonds is 6. The molecule has 3 heteroatoms. The van der Waals surface area contributed by atoms with Crippen molar-refractivity contribution in [3.05, 3.63) is 0 Å². The van der Waals surface area contributed by atoms with Crippen LogP contribution in [0.1, 0.15) is 51.4 Å². The Labute approximate surface area is 104 Å². The summed E-state index contributed by atoms with van der Waals surface area (Å²) >= 11 is 0. The van der Waals surface area contributed by atoms with Crippen LogP contribution in [0.4, 0.5) is 0 Å². The molecule has 0 aromatic rings. The first-order valence-corrected chi connectivity index (χ1v) is 7.15. The van der Waals surface area contributed by atoms with Crippen LogP contribution in [0.3, 0.4) is 0 Å². The topological polar surface area (TPSA) is 52.3 Å². The summed E-state index contributed by atoms with van der Waals surface area (Å²) in [4.78, 5) is 12.1. The molecule has 0 bridgehead atoms. The van der Waals surface area contributed by atoms with Gasteiger partial charge in [-0.05, 0) is 51.0 Å². The summed E-state index contributed by atoms with van der Waals surface area (Å²) < 4.78 is 5.57. The lowest BCUT2D eigenvalue weighted by molar-refractivity contribution is -0.124. The number of Topliss-reactive ketones (excluding diaryl/α,β-unsaturated/α-hetero) is 1. The third kappa shape index (κ3) is 3.52. The molecule has 1 saturated carbocycles. The number of carbonyl (C=O) groups is 1. The van der Waals surface area contributed by atoms with E-state index in [2.05, 4.69) is 0 Å². The Kier molecular flexibility index (Phi) is 4.99. The van der Waals surface area contributed by atoms with Gasteiger partial charge in [0, 0.05) is 18.9 Å². The average Bonchev–Trinajstić information content (AvgIpc) is 2.99. The standard InChI is InChI=1S/C14H25NO2/c15-10-11-4-1-7-13(11)14(16)8-2-5-12-6-3-9-17-12/h11-13H,1-10,15H2. The Morgan fingerprint density at radius 3 is 2.82 bits per heavy atom. The minimum absolute atomic E-state index is 0.268. The number of hydrogen-bond acceptors (Lipinski definition) is 3. The Balaban J connectivity index is 1.66. The summed E-state index contributed by atoms with van der Waals surface area (Å²) in [6, 6.07) is 0. The predicted octanol–water partition coefficient (Wildman–Crippen LogP) is 2.28. The largest absolute Gasteiger partial charge is 0.378 e. The van der Waals surface area contributed by atoms with Gasteiger partial charge in [0.25, 0.3) is 0 Å². The lowest BCUT2D eigenvalue weighted by Gasteiger charge is -2.16. The van der Waals surface area contributed by atoms with Crippen LogP contribution >= 0.6 is 0 Å². The zero-order valence-corrected chi connectivity index (χ0v) is 10.7. The van der Waals surface area contributed by atoms with Crippen molar-refractivity contribution in [2.24, 2.45) is 17.6 Å². The lowest BCUT2D eigenvalue weighted by atomic mass is 9.89. The van der Waals surface area contributed by atoms with Crippen molar-refractivity contribution in [2.75, 3.05) is 13.2 Å². The zero-order chi connectivity index (χ0) is 12.1. The lowest BCUT2D eigenvalue weighted by Crippen LogP contribution is -2.25. The zero-order valence-electron chi connectivity index (χ0n) is 10.7. The van der Waals surface area contributed by atoms with Gasteiger partial charge in [0.1, 0.15) is 5.78 Å². The summed E-state index contributed by atoms with van der Waals surface area (Å²) in [5, 5.41) is 0. The number of ketones is 1. The van der Waals surface area contributed by atoms with Gasteiger partial charge in [-0.1, -0.05) is 6.42 Å². The summed E-state index contributed by atoms with van der Waals surface area (Å²) in [5.41, 5.74) is 5.72. The molecule has 98 valence electrons. The minimum Gasteiger partial charge on any atom is -0.378 e. The van der Waals surface area contributed by atoms with E-state index in [1.165, 1.54) is 19.3 Å². The molecule has 0 radical (unpaired) electrons. The molecule has 3 unspecified atom stereocenters. The summed E-state index contributed by atoms with van der Waals surface area (Å²) in [6.07, 6.45) is 9.00. The summed E-state index contributed by atoms with van der Waals surface area (Å²) in [7, 11) is 0. The van der Waals surface area contributed by atoms with Crippen LogP contribution in [0, 0.1) is 11.8 Å². The van der Waals surface area contributed by atoms with Crippen LogP contribution < -0.4 is 5.73 Å². The average molecular weight is 239 g/mol. The molecular weight excluding hydrogens is 214 g/mol. The van der Waals surface area contributed by atoms with Crippen molar-refractivity contribution in [3.63, 3.8) is 0 Å². The highest BCUT2D eigenvalue weighted by Gasteiger charge is 2.31. The summed E-state index contributed by atoms with van der Waals surface area (Å²) in [6.45, 7) is 1.60. The smallest absolute Gasteiger partial charge is 0.136 e. The van der Waals surface area contributed by atoms with E-state index in [-0.39, 0.29) is 5.92 Å². The monoisotopic (exact) mass is 239 g/mol. The maximum atomic E-state index is 12.1. The highest BCUT2D eigenvalue weighted by molar-refractivity contribution is 5.81. The second kappa shape index (κ2) is 6.50. The van der Waals surface area contributed by atoms with E-state index in [0.29, 0.717) is 24.3 Å². The first kappa shape index (κ1) is 13.0. The normalized spacial score (nSPS) is 33.1. The van der Waals surface area contributed by atoms with Gasteiger partial charge in [0.05, 0.1) is 6.10 Å². The molecule has 0 spiro atoms. The van der Waals surface area contributed by atoms with Gasteiger partial charge in [-0.3, -0.25) is 4.79 Å². The van der Waals surface area contributed by atoms with Gasteiger partial charge >= 0.3 is 0 Å². The van der Waals surface area contributed by atoms with Gasteiger partial charge in [-0.2, -0.15) is 0 Å². The third-order valence-electron chi connectivity index (χ3n) is 4.35. The molecule has 1 saturated heterocycles. The fraction of sp³-hybridized carbons (Fsp3) is 0.929. The second-order valence-corrected chi connectivity index (χ2v) is 5.53. The van der Waals surface area contributed by atoms with E-state index < -0.39 is 0 Å². The molecular formula is C14H25NO2. The molecule has 0 aromatic heterocycles. The number of hydrogen-bond donors (Lipinski definition) is 1. The molecule has 2 rings (SSSR count). The van der Waals surface area contributed by atoms with Crippen molar-refractivity contribution in [2.45, 2.75) is 57.5 Å². The predicted molar refractivity (Wildman–Crippen MR) is 67.7 cm³/mol. The maximum Gasteiger partial charge on any atom is 0.136 e. The quantitative estimate of drug-likeness (QED) is 0.773. The Morgan fingerprint density at radius 2 is 2.12 bits per heavy atom. The molecule has 1 heterocycles. The second-order valence-electron chi connectivity index (χ2n) is 5.53. The van der Waals surface area contributed by atoms with Crippen LogP contribution in [0.5, 0.6) is 0 Å². The molecule has 2 N–H and O–H groups in total.